The Bertz CT molecular complexity index is 794. The molecule has 0 aliphatic heterocycles. The van der Waals surface area contributed by atoms with Gasteiger partial charge in [0.2, 0.25) is 0 Å². The number of fused-ring (bicyclic) bond motifs is 3. The van der Waals surface area contributed by atoms with Gasteiger partial charge in [0.05, 0.1) is 0 Å². The van der Waals surface area contributed by atoms with E-state index in [-0.39, 0.29) is 0 Å². The van der Waals surface area contributed by atoms with Crippen LogP contribution < -0.4 is 5.32 Å². The van der Waals surface area contributed by atoms with Gasteiger partial charge < -0.3 is 5.32 Å². The number of anilines is 1. The molecule has 0 saturated heterocycles. The van der Waals surface area contributed by atoms with Crippen molar-refractivity contribution in [2.24, 2.45) is 0 Å². The van der Waals surface area contributed by atoms with Crippen molar-refractivity contribution in [3.8, 4) is 11.1 Å². The fourth-order valence-corrected chi connectivity index (χ4v) is 3.14. The zero-order valence-corrected chi connectivity index (χ0v) is 12.4. The summed E-state index contributed by atoms with van der Waals surface area (Å²) in [6.45, 7) is 0.906. The van der Waals surface area contributed by atoms with E-state index in [1.165, 1.54) is 27.9 Å². The van der Waals surface area contributed by atoms with Gasteiger partial charge in [-0.3, -0.25) is 4.98 Å². The molecular weight excluding hydrogens is 268 g/mol. The molecule has 0 amide bonds. The molecule has 0 spiro atoms. The number of benzene rings is 2. The molecule has 0 unspecified atom stereocenters. The van der Waals surface area contributed by atoms with Crippen LogP contribution in [0.25, 0.3) is 11.1 Å². The molecule has 1 heterocycles. The van der Waals surface area contributed by atoms with E-state index < -0.39 is 0 Å². The molecule has 22 heavy (non-hydrogen) atoms. The number of nitrogens with zero attached hydrogens (tertiary/aromatic N) is 1. The summed E-state index contributed by atoms with van der Waals surface area (Å²) in [6.07, 6.45) is 3.83. The average Bonchev–Trinajstić information content (AvgIpc) is 2.93. The molecule has 1 aliphatic rings. The van der Waals surface area contributed by atoms with Crippen molar-refractivity contribution in [2.45, 2.75) is 12.8 Å². The molecule has 2 heteroatoms. The minimum atomic E-state index is 0.906. The summed E-state index contributed by atoms with van der Waals surface area (Å²) in [5.41, 5.74) is 7.95. The molecule has 0 atom stereocenters. The maximum Gasteiger partial charge on any atom is 0.0421 e. The van der Waals surface area contributed by atoms with Crippen molar-refractivity contribution in [1.82, 2.24) is 4.98 Å². The van der Waals surface area contributed by atoms with Gasteiger partial charge in [-0.2, -0.15) is 0 Å². The first-order chi connectivity index (χ1) is 10.9. The first-order valence-electron chi connectivity index (χ1n) is 7.75. The minimum absolute atomic E-state index is 0.906. The van der Waals surface area contributed by atoms with Crippen LogP contribution in [0, 0.1) is 0 Å². The molecule has 2 aromatic carbocycles. The standard InChI is InChI=1S/C20H18N2/c1-2-7-19-15(5-1)13-16-14-18(8-9-20(16)19)22-12-10-17-6-3-4-11-21-17/h1-9,11,14,22H,10,12-13H2. The van der Waals surface area contributed by atoms with Gasteiger partial charge in [0.1, 0.15) is 0 Å². The topological polar surface area (TPSA) is 24.9 Å². The Morgan fingerprint density at radius 3 is 2.64 bits per heavy atom. The number of nitrogens with one attached hydrogen (secondary N) is 1. The lowest BCUT2D eigenvalue weighted by molar-refractivity contribution is 0.961. The number of rotatable bonds is 4. The van der Waals surface area contributed by atoms with Gasteiger partial charge in [-0.1, -0.05) is 36.4 Å². The average molecular weight is 286 g/mol. The number of hydrogen-bond acceptors (Lipinski definition) is 2. The van der Waals surface area contributed by atoms with Gasteiger partial charge in [0.15, 0.2) is 0 Å². The van der Waals surface area contributed by atoms with Crippen LogP contribution in [0.5, 0.6) is 0 Å². The highest BCUT2D eigenvalue weighted by molar-refractivity contribution is 5.78. The first-order valence-corrected chi connectivity index (χ1v) is 7.75. The molecule has 1 N–H and O–H groups in total. The monoisotopic (exact) mass is 286 g/mol. The van der Waals surface area contributed by atoms with Gasteiger partial charge >= 0.3 is 0 Å². The van der Waals surface area contributed by atoms with Crippen molar-refractivity contribution in [2.75, 3.05) is 11.9 Å². The third kappa shape index (κ3) is 2.48. The first kappa shape index (κ1) is 13.1. The van der Waals surface area contributed by atoms with E-state index in [9.17, 15) is 0 Å². The summed E-state index contributed by atoms with van der Waals surface area (Å²) >= 11 is 0. The van der Waals surface area contributed by atoms with Crippen molar-refractivity contribution in [3.05, 3.63) is 83.7 Å². The predicted molar refractivity (Wildman–Crippen MR) is 91.1 cm³/mol. The van der Waals surface area contributed by atoms with Crippen LogP contribution in [0.4, 0.5) is 5.69 Å². The van der Waals surface area contributed by atoms with Gasteiger partial charge in [0, 0.05) is 30.5 Å². The fraction of sp³-hybridized carbons (Fsp3) is 0.150. The zero-order chi connectivity index (χ0) is 14.8. The second kappa shape index (κ2) is 5.64. The summed E-state index contributed by atoms with van der Waals surface area (Å²) in [5.74, 6) is 0. The van der Waals surface area contributed by atoms with E-state index >= 15 is 0 Å². The maximum atomic E-state index is 4.35. The van der Waals surface area contributed by atoms with E-state index in [2.05, 4.69) is 58.8 Å². The van der Waals surface area contributed by atoms with E-state index in [0.29, 0.717) is 0 Å². The molecule has 108 valence electrons. The Kier molecular flexibility index (Phi) is 3.36. The Morgan fingerprint density at radius 2 is 1.73 bits per heavy atom. The number of pyridine rings is 1. The largest absolute Gasteiger partial charge is 0.385 e. The van der Waals surface area contributed by atoms with Gasteiger partial charge in [-0.15, -0.1) is 0 Å². The van der Waals surface area contributed by atoms with Crippen LogP contribution in [0.2, 0.25) is 0 Å². The van der Waals surface area contributed by atoms with Gasteiger partial charge in [-0.05, 0) is 52.9 Å². The van der Waals surface area contributed by atoms with Gasteiger partial charge in [-0.25, -0.2) is 0 Å². The highest BCUT2D eigenvalue weighted by Crippen LogP contribution is 2.37. The summed E-state index contributed by atoms with van der Waals surface area (Å²) < 4.78 is 0. The lowest BCUT2D eigenvalue weighted by atomic mass is 10.1. The van der Waals surface area contributed by atoms with E-state index in [1.807, 2.05) is 18.3 Å². The lowest BCUT2D eigenvalue weighted by Crippen LogP contribution is -2.06. The van der Waals surface area contributed by atoms with Crippen molar-refractivity contribution in [1.29, 1.82) is 0 Å². The van der Waals surface area contributed by atoms with Crippen LogP contribution >= 0.6 is 0 Å². The van der Waals surface area contributed by atoms with Crippen molar-refractivity contribution in [3.63, 3.8) is 0 Å². The molecule has 0 radical (unpaired) electrons. The smallest absolute Gasteiger partial charge is 0.0421 e. The molecule has 0 fully saturated rings. The van der Waals surface area contributed by atoms with Crippen molar-refractivity contribution < 1.29 is 0 Å². The van der Waals surface area contributed by atoms with E-state index in [0.717, 1.165) is 25.1 Å². The quantitative estimate of drug-likeness (QED) is 0.605. The molecule has 0 saturated carbocycles. The molecule has 0 bridgehead atoms. The SMILES string of the molecule is c1ccc(CCNc2ccc3c(c2)Cc2ccccc2-3)nc1. The Morgan fingerprint density at radius 1 is 0.864 bits per heavy atom. The molecule has 1 aliphatic carbocycles. The highest BCUT2D eigenvalue weighted by atomic mass is 14.9. The second-order valence-corrected chi connectivity index (χ2v) is 5.70. The van der Waals surface area contributed by atoms with Crippen LogP contribution in [-0.4, -0.2) is 11.5 Å². The second-order valence-electron chi connectivity index (χ2n) is 5.70. The third-order valence-electron chi connectivity index (χ3n) is 4.23. The molecule has 4 rings (SSSR count). The summed E-state index contributed by atoms with van der Waals surface area (Å²) in [4.78, 5) is 4.35. The van der Waals surface area contributed by atoms with Crippen LogP contribution in [-0.2, 0) is 12.8 Å². The maximum absolute atomic E-state index is 4.35. The Labute approximate surface area is 130 Å². The zero-order valence-electron chi connectivity index (χ0n) is 12.4. The molecule has 1 aromatic heterocycles. The summed E-state index contributed by atoms with van der Waals surface area (Å²) in [6, 6.07) is 21.4. The third-order valence-corrected chi connectivity index (χ3v) is 4.23. The molecular formula is C20H18N2. The van der Waals surface area contributed by atoms with Crippen molar-refractivity contribution >= 4 is 5.69 Å². The molecule has 3 aromatic rings. The number of aromatic nitrogens is 1. The van der Waals surface area contributed by atoms with E-state index in [1.54, 1.807) is 0 Å². The fourth-order valence-electron chi connectivity index (χ4n) is 3.14. The van der Waals surface area contributed by atoms with Gasteiger partial charge in [0.25, 0.3) is 0 Å². The van der Waals surface area contributed by atoms with Crippen LogP contribution in [0.15, 0.2) is 66.9 Å². The Balaban J connectivity index is 1.46. The molecule has 2 nitrogen and oxygen atoms in total. The van der Waals surface area contributed by atoms with Crippen LogP contribution in [0.1, 0.15) is 16.8 Å². The predicted octanol–water partition coefficient (Wildman–Crippen LogP) is 4.31. The lowest BCUT2D eigenvalue weighted by Gasteiger charge is -2.08. The Hall–Kier alpha value is -2.61. The highest BCUT2D eigenvalue weighted by Gasteiger charge is 2.17. The number of hydrogen-bond donors (Lipinski definition) is 1. The van der Waals surface area contributed by atoms with Crippen LogP contribution in [0.3, 0.4) is 0 Å². The van der Waals surface area contributed by atoms with E-state index in [4.69, 9.17) is 0 Å². The summed E-state index contributed by atoms with van der Waals surface area (Å²) in [5, 5.41) is 3.51. The minimum Gasteiger partial charge on any atom is -0.385 e. The summed E-state index contributed by atoms with van der Waals surface area (Å²) in [7, 11) is 0. The normalized spacial score (nSPS) is 11.8.